The van der Waals surface area contributed by atoms with E-state index in [2.05, 4.69) is 0 Å². The molecule has 3 aliphatic heterocycles. The average Bonchev–Trinajstić information content (AvgIpc) is 3.61. The van der Waals surface area contributed by atoms with Crippen LogP contribution in [0.3, 0.4) is 0 Å². The molecule has 2 amide bonds. The van der Waals surface area contributed by atoms with Crippen molar-refractivity contribution in [3.05, 3.63) is 71.4 Å². The summed E-state index contributed by atoms with van der Waals surface area (Å²) in [5.74, 6) is -0.210. The predicted molar refractivity (Wildman–Crippen MR) is 166 cm³/mol. The minimum atomic E-state index is -1.26. The molecule has 0 bridgehead atoms. The smallest absolute Gasteiger partial charge is 0.320 e. The first kappa shape index (κ1) is 32.5. The number of esters is 1. The number of nitrogens with zero attached hydrogens (tertiary/aromatic N) is 2. The van der Waals surface area contributed by atoms with Crippen molar-refractivity contribution in [2.45, 2.75) is 57.8 Å². The third kappa shape index (κ3) is 6.87. The minimum Gasteiger partial charge on any atom is -0.493 e. The molecule has 10 nitrogen and oxygen atoms in total. The second-order valence-corrected chi connectivity index (χ2v) is 12.0. The van der Waals surface area contributed by atoms with E-state index in [1.807, 2.05) is 66.4 Å². The predicted octanol–water partition coefficient (Wildman–Crippen LogP) is 4.15. The first-order chi connectivity index (χ1) is 21.8. The maximum absolute atomic E-state index is 14.3. The van der Waals surface area contributed by atoms with Gasteiger partial charge >= 0.3 is 5.97 Å². The van der Waals surface area contributed by atoms with Crippen LogP contribution in [0, 0.1) is 11.3 Å². The zero-order valence-corrected chi connectivity index (χ0v) is 26.7. The number of fused-ring (bicyclic) bond motifs is 1. The lowest BCUT2D eigenvalue weighted by atomic mass is 9.66. The molecule has 10 heteroatoms. The number of ether oxygens (including phenoxy) is 5. The largest absolute Gasteiger partial charge is 0.493 e. The number of hydrogen-bond donors (Lipinski definition) is 0. The molecule has 4 atom stereocenters. The van der Waals surface area contributed by atoms with Crippen LogP contribution in [0.25, 0.3) is 0 Å². The molecule has 2 aromatic rings. The zero-order chi connectivity index (χ0) is 32.0. The molecule has 0 N–H and O–H groups in total. The third-order valence-corrected chi connectivity index (χ3v) is 9.24. The van der Waals surface area contributed by atoms with Crippen molar-refractivity contribution in [1.82, 2.24) is 9.80 Å². The van der Waals surface area contributed by atoms with Crippen LogP contribution in [0.1, 0.15) is 43.7 Å². The molecule has 0 saturated carbocycles. The Morgan fingerprint density at radius 2 is 1.71 bits per heavy atom. The Balaban J connectivity index is 1.46. The van der Waals surface area contributed by atoms with Gasteiger partial charge in [-0.3, -0.25) is 14.4 Å². The van der Waals surface area contributed by atoms with Gasteiger partial charge in [0.25, 0.3) is 0 Å². The number of likely N-dealkylation sites (tertiary alicyclic amines) is 2. The lowest BCUT2D eigenvalue weighted by Gasteiger charge is -2.51. The molecule has 3 heterocycles. The van der Waals surface area contributed by atoms with Gasteiger partial charge in [0, 0.05) is 37.7 Å². The molecular formula is C35H44N2O8. The van der Waals surface area contributed by atoms with Gasteiger partial charge in [-0.25, -0.2) is 0 Å². The van der Waals surface area contributed by atoms with Gasteiger partial charge in [0.2, 0.25) is 11.8 Å². The Kier molecular flexibility index (Phi) is 10.5. The van der Waals surface area contributed by atoms with Crippen molar-refractivity contribution in [2.75, 3.05) is 47.6 Å². The fourth-order valence-electron chi connectivity index (χ4n) is 6.83. The van der Waals surface area contributed by atoms with Gasteiger partial charge < -0.3 is 33.5 Å². The summed E-state index contributed by atoms with van der Waals surface area (Å²) in [7, 11) is 4.51. The average molecular weight is 621 g/mol. The Morgan fingerprint density at radius 3 is 2.40 bits per heavy atom. The summed E-state index contributed by atoms with van der Waals surface area (Å²) in [6.07, 6.45) is 3.29. The fraction of sp³-hybridized carbons (Fsp3) is 0.514. The molecule has 2 saturated heterocycles. The molecule has 0 radical (unpaired) electrons. The summed E-state index contributed by atoms with van der Waals surface area (Å²) < 4.78 is 28.7. The number of carbonyl (C=O) groups is 3. The summed E-state index contributed by atoms with van der Waals surface area (Å²) in [4.78, 5) is 44.9. The quantitative estimate of drug-likeness (QED) is 0.326. The molecule has 0 aliphatic carbocycles. The van der Waals surface area contributed by atoms with Gasteiger partial charge in [-0.05, 0) is 61.9 Å². The highest BCUT2D eigenvalue weighted by atomic mass is 16.6. The van der Waals surface area contributed by atoms with E-state index in [1.165, 1.54) is 7.11 Å². The van der Waals surface area contributed by atoms with Crippen molar-refractivity contribution in [1.29, 1.82) is 0 Å². The summed E-state index contributed by atoms with van der Waals surface area (Å²) in [6.45, 7) is 4.17. The molecule has 242 valence electrons. The number of piperidine rings is 1. The van der Waals surface area contributed by atoms with E-state index in [-0.39, 0.29) is 37.8 Å². The first-order valence-electron chi connectivity index (χ1n) is 15.7. The van der Waals surface area contributed by atoms with Gasteiger partial charge in [-0.1, -0.05) is 36.4 Å². The number of benzene rings is 2. The highest BCUT2D eigenvalue weighted by molar-refractivity contribution is 5.92. The normalized spacial score (nSPS) is 24.6. The molecule has 0 aromatic heterocycles. The molecule has 45 heavy (non-hydrogen) atoms. The summed E-state index contributed by atoms with van der Waals surface area (Å²) >= 11 is 0. The highest BCUT2D eigenvalue weighted by Crippen LogP contribution is 2.50. The number of carbonyl (C=O) groups excluding carboxylic acids is 3. The van der Waals surface area contributed by atoms with E-state index in [0.717, 1.165) is 24.0 Å². The van der Waals surface area contributed by atoms with Crippen molar-refractivity contribution < 1.29 is 38.1 Å². The summed E-state index contributed by atoms with van der Waals surface area (Å²) in [6, 6.07) is 15.5. The van der Waals surface area contributed by atoms with Crippen LogP contribution in [0.5, 0.6) is 11.5 Å². The van der Waals surface area contributed by atoms with E-state index < -0.39 is 29.5 Å². The van der Waals surface area contributed by atoms with E-state index in [4.69, 9.17) is 23.7 Å². The van der Waals surface area contributed by atoms with Gasteiger partial charge in [0.1, 0.15) is 11.5 Å². The lowest BCUT2D eigenvalue weighted by Crippen LogP contribution is -2.60. The molecule has 0 spiro atoms. The summed E-state index contributed by atoms with van der Waals surface area (Å²) in [5, 5.41) is 0. The van der Waals surface area contributed by atoms with Crippen LogP contribution >= 0.6 is 0 Å². The Labute approximate surface area is 265 Å². The van der Waals surface area contributed by atoms with E-state index >= 15 is 0 Å². The molecule has 2 fully saturated rings. The Hall–Kier alpha value is -3.89. The topological polar surface area (TPSA) is 104 Å². The molecule has 5 rings (SSSR count). The Morgan fingerprint density at radius 1 is 0.978 bits per heavy atom. The third-order valence-electron chi connectivity index (χ3n) is 9.24. The Bertz CT molecular complexity index is 1390. The SMILES string of the molecule is COC(=O)[C@]12C[C@H](CC(=O)N3CCCC3)C(=O)N(CCc3ccc(OC)c(OC)c3)C1=C[C@H](COCc1ccccc1)O[C@@H]2C. The molecule has 0 unspecified atom stereocenters. The maximum atomic E-state index is 14.3. The second kappa shape index (κ2) is 14.5. The van der Waals surface area contributed by atoms with Gasteiger partial charge in [-0.15, -0.1) is 0 Å². The van der Waals surface area contributed by atoms with Crippen LogP contribution in [0.15, 0.2) is 60.3 Å². The second-order valence-electron chi connectivity index (χ2n) is 12.0. The number of amides is 2. The van der Waals surface area contributed by atoms with Crippen LogP contribution in [-0.2, 0) is 41.6 Å². The van der Waals surface area contributed by atoms with Crippen LogP contribution in [0.2, 0.25) is 0 Å². The first-order valence-corrected chi connectivity index (χ1v) is 15.7. The van der Waals surface area contributed by atoms with Gasteiger partial charge in [0.15, 0.2) is 11.5 Å². The van der Waals surface area contributed by atoms with Crippen LogP contribution < -0.4 is 9.47 Å². The van der Waals surface area contributed by atoms with E-state index in [1.54, 1.807) is 19.1 Å². The van der Waals surface area contributed by atoms with E-state index in [0.29, 0.717) is 43.3 Å². The van der Waals surface area contributed by atoms with Crippen molar-refractivity contribution >= 4 is 17.8 Å². The zero-order valence-electron chi connectivity index (χ0n) is 26.7. The van der Waals surface area contributed by atoms with Crippen LogP contribution in [-0.4, -0.2) is 87.4 Å². The maximum Gasteiger partial charge on any atom is 0.320 e. The molecule has 3 aliphatic rings. The van der Waals surface area contributed by atoms with Crippen molar-refractivity contribution in [2.24, 2.45) is 11.3 Å². The summed E-state index contributed by atoms with van der Waals surface area (Å²) in [5.41, 5.74) is 1.26. The number of methoxy groups -OCH3 is 3. The van der Waals surface area contributed by atoms with Crippen molar-refractivity contribution in [3.8, 4) is 11.5 Å². The highest BCUT2D eigenvalue weighted by Gasteiger charge is 2.59. The lowest BCUT2D eigenvalue weighted by molar-refractivity contribution is -0.178. The minimum absolute atomic E-state index is 0.0358. The van der Waals surface area contributed by atoms with Crippen molar-refractivity contribution in [3.63, 3.8) is 0 Å². The standard InChI is InChI=1S/C35H44N2O8/c1-24-35(34(40)43-4)21-27(19-32(38)36-15-8-9-16-36)33(39)37(17-14-25-12-13-29(41-2)30(18-25)42-3)31(35)20-28(45-24)23-44-22-26-10-6-5-7-11-26/h5-7,10-13,18,20,24,27-28H,8-9,14-17,19,21-23H2,1-4H3/t24-,27+,28-,35+/m1/s1. The fourth-order valence-corrected chi connectivity index (χ4v) is 6.83. The number of rotatable bonds is 12. The van der Waals surface area contributed by atoms with Gasteiger partial charge in [0.05, 0.1) is 40.6 Å². The molecular weight excluding hydrogens is 576 g/mol. The van der Waals surface area contributed by atoms with E-state index in [9.17, 15) is 14.4 Å². The monoisotopic (exact) mass is 620 g/mol. The number of hydrogen-bond acceptors (Lipinski definition) is 8. The van der Waals surface area contributed by atoms with Crippen LogP contribution in [0.4, 0.5) is 0 Å². The van der Waals surface area contributed by atoms with Gasteiger partial charge in [-0.2, -0.15) is 0 Å². The molecule has 2 aromatic carbocycles.